The summed E-state index contributed by atoms with van der Waals surface area (Å²) in [5.74, 6) is -0.340. The van der Waals surface area contributed by atoms with Crippen LogP contribution in [0.5, 0.6) is 5.75 Å². The molecular formula is C23H23NO4S. The Morgan fingerprint density at radius 1 is 1.07 bits per heavy atom. The normalized spacial score (nSPS) is 10.5. The van der Waals surface area contributed by atoms with E-state index in [1.807, 2.05) is 37.4 Å². The van der Waals surface area contributed by atoms with Gasteiger partial charge in [-0.1, -0.05) is 30.3 Å². The fourth-order valence-electron chi connectivity index (χ4n) is 2.98. The molecule has 0 atom stereocenters. The summed E-state index contributed by atoms with van der Waals surface area (Å²) in [7, 11) is 1.51. The van der Waals surface area contributed by atoms with Crippen LogP contribution >= 0.6 is 11.3 Å². The molecule has 3 aromatic rings. The standard InChI is InChI=1S/C23H23NO4S/c1-5-28-23(26)20-18(16-11-10-14(2)15(3)12-16)13-29-22(20)24-21(25)17-8-6-7-9-19(17)27-4/h6-13H,5H2,1-4H3,(H,24,25). The van der Waals surface area contributed by atoms with E-state index in [1.165, 1.54) is 24.0 Å². The largest absolute Gasteiger partial charge is 0.496 e. The maximum Gasteiger partial charge on any atom is 0.341 e. The second kappa shape index (κ2) is 8.92. The van der Waals surface area contributed by atoms with E-state index in [0.717, 1.165) is 16.7 Å². The SMILES string of the molecule is CCOC(=O)c1c(-c2ccc(C)c(C)c2)csc1NC(=O)c1ccccc1OC. The third-order valence-corrected chi connectivity index (χ3v) is 5.56. The summed E-state index contributed by atoms with van der Waals surface area (Å²) in [6.45, 7) is 6.07. The molecule has 6 heteroatoms. The summed E-state index contributed by atoms with van der Waals surface area (Å²) in [4.78, 5) is 25.6. The first-order chi connectivity index (χ1) is 14.0. The fourth-order valence-corrected chi connectivity index (χ4v) is 3.93. The number of nitrogens with one attached hydrogen (secondary N) is 1. The number of carbonyl (C=O) groups is 2. The molecular weight excluding hydrogens is 386 g/mol. The molecule has 0 aliphatic carbocycles. The molecule has 150 valence electrons. The van der Waals surface area contributed by atoms with Gasteiger partial charge in [0, 0.05) is 10.9 Å². The van der Waals surface area contributed by atoms with Crippen molar-refractivity contribution in [1.82, 2.24) is 0 Å². The van der Waals surface area contributed by atoms with Gasteiger partial charge in [-0.2, -0.15) is 0 Å². The average molecular weight is 410 g/mol. The van der Waals surface area contributed by atoms with Gasteiger partial charge in [0.1, 0.15) is 16.3 Å². The van der Waals surface area contributed by atoms with Crippen LogP contribution in [0.15, 0.2) is 47.8 Å². The van der Waals surface area contributed by atoms with Gasteiger partial charge < -0.3 is 14.8 Å². The lowest BCUT2D eigenvalue weighted by Gasteiger charge is -2.11. The van der Waals surface area contributed by atoms with Crippen LogP contribution in [0.1, 0.15) is 38.8 Å². The van der Waals surface area contributed by atoms with Gasteiger partial charge in [-0.05, 0) is 49.6 Å². The Labute approximate surface area is 174 Å². The summed E-state index contributed by atoms with van der Waals surface area (Å²) in [5.41, 5.74) is 4.71. The number of esters is 1. The molecule has 0 fully saturated rings. The van der Waals surface area contributed by atoms with Gasteiger partial charge in [-0.15, -0.1) is 11.3 Å². The van der Waals surface area contributed by atoms with Crippen molar-refractivity contribution in [1.29, 1.82) is 0 Å². The van der Waals surface area contributed by atoms with Crippen molar-refractivity contribution < 1.29 is 19.1 Å². The molecule has 5 nitrogen and oxygen atoms in total. The minimum absolute atomic E-state index is 0.251. The second-order valence-electron chi connectivity index (χ2n) is 6.53. The molecule has 0 saturated carbocycles. The van der Waals surface area contributed by atoms with Crippen LogP contribution in [0.2, 0.25) is 0 Å². The molecule has 1 aromatic heterocycles. The van der Waals surface area contributed by atoms with Gasteiger partial charge in [0.25, 0.3) is 5.91 Å². The molecule has 0 aliphatic rings. The number of hydrogen-bond acceptors (Lipinski definition) is 5. The van der Waals surface area contributed by atoms with Crippen molar-refractivity contribution in [2.24, 2.45) is 0 Å². The third-order valence-electron chi connectivity index (χ3n) is 4.67. The van der Waals surface area contributed by atoms with Crippen LogP contribution in [-0.2, 0) is 4.74 Å². The zero-order valence-corrected chi connectivity index (χ0v) is 17.7. The highest BCUT2D eigenvalue weighted by Crippen LogP contribution is 2.37. The summed E-state index contributed by atoms with van der Waals surface area (Å²) >= 11 is 1.30. The number of thiophene rings is 1. The highest BCUT2D eigenvalue weighted by Gasteiger charge is 2.24. The number of ether oxygens (including phenoxy) is 2. The molecule has 0 saturated heterocycles. The number of aryl methyl sites for hydroxylation is 2. The lowest BCUT2D eigenvalue weighted by molar-refractivity contribution is 0.0529. The van der Waals surface area contributed by atoms with E-state index in [9.17, 15) is 9.59 Å². The molecule has 0 radical (unpaired) electrons. The first kappa shape index (κ1) is 20.6. The van der Waals surface area contributed by atoms with Gasteiger partial charge in [0.2, 0.25) is 0 Å². The van der Waals surface area contributed by atoms with Gasteiger partial charge in [0.05, 0.1) is 19.3 Å². The number of amides is 1. The van der Waals surface area contributed by atoms with Crippen LogP contribution in [-0.4, -0.2) is 25.6 Å². The summed E-state index contributed by atoms with van der Waals surface area (Å²) in [5, 5.41) is 5.18. The fraction of sp³-hybridized carbons (Fsp3) is 0.217. The van der Waals surface area contributed by atoms with Crippen LogP contribution in [0, 0.1) is 13.8 Å². The topological polar surface area (TPSA) is 64.6 Å². The van der Waals surface area contributed by atoms with Crippen molar-refractivity contribution in [3.8, 4) is 16.9 Å². The Kier molecular flexibility index (Phi) is 6.34. The summed E-state index contributed by atoms with van der Waals surface area (Å²) in [6, 6.07) is 13.0. The van der Waals surface area contributed by atoms with Crippen LogP contribution < -0.4 is 10.1 Å². The van der Waals surface area contributed by atoms with E-state index < -0.39 is 5.97 Å². The number of hydrogen-bond donors (Lipinski definition) is 1. The predicted octanol–water partition coefficient (Wildman–Crippen LogP) is 5.47. The van der Waals surface area contributed by atoms with Gasteiger partial charge in [0.15, 0.2) is 0 Å². The second-order valence-corrected chi connectivity index (χ2v) is 7.41. The summed E-state index contributed by atoms with van der Waals surface area (Å²) in [6.07, 6.45) is 0. The van der Waals surface area contributed by atoms with E-state index in [0.29, 0.717) is 21.9 Å². The van der Waals surface area contributed by atoms with Crippen molar-refractivity contribution >= 4 is 28.2 Å². The molecule has 3 rings (SSSR count). The monoisotopic (exact) mass is 409 g/mol. The molecule has 0 unspecified atom stereocenters. The van der Waals surface area contributed by atoms with Gasteiger partial charge in [-0.25, -0.2) is 4.79 Å². The van der Waals surface area contributed by atoms with Crippen molar-refractivity contribution in [3.63, 3.8) is 0 Å². The Bertz CT molecular complexity index is 1050. The van der Waals surface area contributed by atoms with Crippen LogP contribution in [0.4, 0.5) is 5.00 Å². The Morgan fingerprint density at radius 2 is 1.83 bits per heavy atom. The van der Waals surface area contributed by atoms with Crippen molar-refractivity contribution in [2.75, 3.05) is 19.0 Å². The number of para-hydroxylation sites is 1. The molecule has 0 bridgehead atoms. The highest BCUT2D eigenvalue weighted by molar-refractivity contribution is 7.15. The van der Waals surface area contributed by atoms with Crippen LogP contribution in [0.3, 0.4) is 0 Å². The Balaban J connectivity index is 2.02. The zero-order valence-electron chi connectivity index (χ0n) is 16.9. The number of rotatable bonds is 6. The quantitative estimate of drug-likeness (QED) is 0.548. The van der Waals surface area contributed by atoms with Crippen LogP contribution in [0.25, 0.3) is 11.1 Å². The Morgan fingerprint density at radius 3 is 2.52 bits per heavy atom. The third kappa shape index (κ3) is 4.32. The minimum Gasteiger partial charge on any atom is -0.496 e. The van der Waals surface area contributed by atoms with E-state index in [-0.39, 0.29) is 12.5 Å². The van der Waals surface area contributed by atoms with Crippen molar-refractivity contribution in [2.45, 2.75) is 20.8 Å². The lowest BCUT2D eigenvalue weighted by Crippen LogP contribution is -2.15. The number of carbonyl (C=O) groups excluding carboxylic acids is 2. The molecule has 1 N–H and O–H groups in total. The molecule has 1 amide bonds. The first-order valence-corrected chi connectivity index (χ1v) is 10.1. The summed E-state index contributed by atoms with van der Waals surface area (Å²) < 4.78 is 10.5. The molecule has 0 aliphatic heterocycles. The lowest BCUT2D eigenvalue weighted by atomic mass is 9.99. The van der Waals surface area contributed by atoms with E-state index >= 15 is 0 Å². The van der Waals surface area contributed by atoms with E-state index in [1.54, 1.807) is 31.2 Å². The highest BCUT2D eigenvalue weighted by atomic mass is 32.1. The molecule has 2 aromatic carbocycles. The first-order valence-electron chi connectivity index (χ1n) is 9.26. The average Bonchev–Trinajstić information content (AvgIpc) is 3.13. The van der Waals surface area contributed by atoms with E-state index in [2.05, 4.69) is 5.32 Å². The number of benzene rings is 2. The predicted molar refractivity (Wildman–Crippen MR) is 116 cm³/mol. The molecule has 0 spiro atoms. The van der Waals surface area contributed by atoms with E-state index in [4.69, 9.17) is 9.47 Å². The zero-order chi connectivity index (χ0) is 21.0. The molecule has 29 heavy (non-hydrogen) atoms. The Hall–Kier alpha value is -3.12. The van der Waals surface area contributed by atoms with Gasteiger partial charge in [-0.3, -0.25) is 4.79 Å². The maximum atomic E-state index is 12.8. The number of methoxy groups -OCH3 is 1. The minimum atomic E-state index is -0.461. The van der Waals surface area contributed by atoms with Crippen molar-refractivity contribution in [3.05, 3.63) is 70.1 Å². The maximum absolute atomic E-state index is 12.8. The molecule has 1 heterocycles. The number of anilines is 1. The van der Waals surface area contributed by atoms with Gasteiger partial charge >= 0.3 is 5.97 Å². The smallest absolute Gasteiger partial charge is 0.341 e.